The van der Waals surface area contributed by atoms with Crippen molar-refractivity contribution in [3.63, 3.8) is 0 Å². The average Bonchev–Trinajstić information content (AvgIpc) is 2.23. The highest BCUT2D eigenvalue weighted by Crippen LogP contribution is 2.28. The highest BCUT2D eigenvalue weighted by molar-refractivity contribution is 5.90. The van der Waals surface area contributed by atoms with Crippen LogP contribution in [0.1, 0.15) is 18.1 Å². The van der Waals surface area contributed by atoms with Crippen LogP contribution in [-0.2, 0) is 9.53 Å². The molecule has 1 aromatic carbocycles. The molecular formula is C11H7F3O2. The van der Waals surface area contributed by atoms with E-state index in [1.54, 1.807) is 0 Å². The van der Waals surface area contributed by atoms with Gasteiger partial charge in [-0.2, -0.15) is 0 Å². The molecule has 0 saturated heterocycles. The summed E-state index contributed by atoms with van der Waals surface area (Å²) in [4.78, 5) is 11.1. The zero-order valence-electron chi connectivity index (χ0n) is 8.04. The molecular weight excluding hydrogens is 221 g/mol. The summed E-state index contributed by atoms with van der Waals surface area (Å²) in [5, 5.41) is 0. The number of hydrogen-bond donors (Lipinski definition) is 0. The minimum absolute atomic E-state index is 0.0848. The van der Waals surface area contributed by atoms with Gasteiger partial charge in [0.1, 0.15) is 11.9 Å². The van der Waals surface area contributed by atoms with E-state index < -0.39 is 23.6 Å². The van der Waals surface area contributed by atoms with Crippen molar-refractivity contribution in [3.8, 4) is 0 Å². The Labute approximate surface area is 89.3 Å². The summed E-state index contributed by atoms with van der Waals surface area (Å²) in [7, 11) is 0. The van der Waals surface area contributed by atoms with E-state index in [1.807, 2.05) is 0 Å². The average molecular weight is 228 g/mol. The maximum absolute atomic E-state index is 13.3. The molecule has 0 bridgehead atoms. The van der Waals surface area contributed by atoms with Crippen LogP contribution in [0, 0.1) is 17.5 Å². The summed E-state index contributed by atoms with van der Waals surface area (Å²) in [6, 6.07) is 1.15. The van der Waals surface area contributed by atoms with Crippen LogP contribution < -0.4 is 0 Å². The molecule has 1 aliphatic heterocycles. The quantitative estimate of drug-likeness (QED) is 0.690. The normalized spacial score (nSPS) is 19.7. The lowest BCUT2D eigenvalue weighted by Gasteiger charge is -2.19. The highest BCUT2D eigenvalue weighted by Gasteiger charge is 2.23. The lowest BCUT2D eigenvalue weighted by molar-refractivity contribution is -0.118. The van der Waals surface area contributed by atoms with Gasteiger partial charge < -0.3 is 4.74 Å². The largest absolute Gasteiger partial charge is 0.493 e. The molecule has 0 spiro atoms. The number of carbonyl (C=O) groups is 1. The molecule has 0 radical (unpaired) electrons. The second-order valence-corrected chi connectivity index (χ2v) is 3.39. The topological polar surface area (TPSA) is 26.3 Å². The number of rotatable bonds is 1. The molecule has 0 fully saturated rings. The van der Waals surface area contributed by atoms with E-state index in [-0.39, 0.29) is 17.8 Å². The SMILES string of the molecule is O=C1C=COC(c2cc(F)c(F)cc2F)C1. The zero-order chi connectivity index (χ0) is 11.7. The first-order valence-electron chi connectivity index (χ1n) is 4.57. The summed E-state index contributed by atoms with van der Waals surface area (Å²) in [6.07, 6.45) is 1.34. The fourth-order valence-electron chi connectivity index (χ4n) is 1.48. The second kappa shape index (κ2) is 4.00. The number of allylic oxidation sites excluding steroid dienone is 1. The van der Waals surface area contributed by atoms with Gasteiger partial charge in [-0.15, -0.1) is 0 Å². The fourth-order valence-corrected chi connectivity index (χ4v) is 1.48. The number of ketones is 1. The molecule has 1 atom stereocenters. The Morgan fingerprint density at radius 1 is 1.12 bits per heavy atom. The Morgan fingerprint density at radius 2 is 1.81 bits per heavy atom. The Hall–Kier alpha value is -1.78. The Balaban J connectivity index is 2.37. The van der Waals surface area contributed by atoms with Crippen molar-refractivity contribution in [2.24, 2.45) is 0 Å². The predicted molar refractivity (Wildman–Crippen MR) is 48.9 cm³/mol. The third-order valence-corrected chi connectivity index (χ3v) is 2.27. The third-order valence-electron chi connectivity index (χ3n) is 2.27. The van der Waals surface area contributed by atoms with E-state index in [4.69, 9.17) is 4.74 Å². The standard InChI is InChI=1S/C11H7F3O2/c12-8-5-10(14)9(13)4-7(8)11-3-6(15)1-2-16-11/h1-2,4-5,11H,3H2. The van der Waals surface area contributed by atoms with E-state index in [9.17, 15) is 18.0 Å². The number of benzene rings is 1. The van der Waals surface area contributed by atoms with Crippen LogP contribution in [-0.4, -0.2) is 5.78 Å². The summed E-state index contributed by atoms with van der Waals surface area (Å²) in [6.45, 7) is 0. The van der Waals surface area contributed by atoms with Crippen molar-refractivity contribution >= 4 is 5.78 Å². The van der Waals surface area contributed by atoms with Crippen molar-refractivity contribution in [1.82, 2.24) is 0 Å². The highest BCUT2D eigenvalue weighted by atomic mass is 19.2. The van der Waals surface area contributed by atoms with Crippen LogP contribution in [0.5, 0.6) is 0 Å². The zero-order valence-corrected chi connectivity index (χ0v) is 8.04. The van der Waals surface area contributed by atoms with Gasteiger partial charge in [0, 0.05) is 17.7 Å². The van der Waals surface area contributed by atoms with Gasteiger partial charge in [0.2, 0.25) is 0 Å². The van der Waals surface area contributed by atoms with Crippen molar-refractivity contribution in [3.05, 3.63) is 47.5 Å². The molecule has 1 aromatic rings. The van der Waals surface area contributed by atoms with Crippen molar-refractivity contribution in [2.45, 2.75) is 12.5 Å². The van der Waals surface area contributed by atoms with E-state index in [2.05, 4.69) is 0 Å². The molecule has 5 heteroatoms. The number of ether oxygens (including phenoxy) is 1. The van der Waals surface area contributed by atoms with Gasteiger partial charge in [-0.3, -0.25) is 4.79 Å². The van der Waals surface area contributed by atoms with E-state index in [1.165, 1.54) is 6.08 Å². The van der Waals surface area contributed by atoms with Crippen LogP contribution >= 0.6 is 0 Å². The van der Waals surface area contributed by atoms with Gasteiger partial charge in [-0.25, -0.2) is 13.2 Å². The molecule has 1 heterocycles. The Morgan fingerprint density at radius 3 is 2.50 bits per heavy atom. The molecule has 1 aliphatic rings. The van der Waals surface area contributed by atoms with Gasteiger partial charge in [0.15, 0.2) is 17.4 Å². The first-order valence-corrected chi connectivity index (χ1v) is 4.57. The molecule has 84 valence electrons. The van der Waals surface area contributed by atoms with Gasteiger partial charge in [-0.05, 0) is 6.07 Å². The van der Waals surface area contributed by atoms with E-state index in [0.717, 1.165) is 6.26 Å². The Bertz CT molecular complexity index is 469. The molecule has 0 aliphatic carbocycles. The summed E-state index contributed by atoms with van der Waals surface area (Å²) < 4.78 is 43.9. The summed E-state index contributed by atoms with van der Waals surface area (Å²) >= 11 is 0. The molecule has 2 nitrogen and oxygen atoms in total. The maximum Gasteiger partial charge on any atom is 0.162 e. The van der Waals surface area contributed by atoms with Crippen molar-refractivity contribution in [2.75, 3.05) is 0 Å². The van der Waals surface area contributed by atoms with E-state index >= 15 is 0 Å². The first kappa shape index (κ1) is 10.7. The van der Waals surface area contributed by atoms with Crippen molar-refractivity contribution in [1.29, 1.82) is 0 Å². The van der Waals surface area contributed by atoms with Crippen LogP contribution in [0.4, 0.5) is 13.2 Å². The van der Waals surface area contributed by atoms with Crippen LogP contribution in [0.3, 0.4) is 0 Å². The predicted octanol–water partition coefficient (Wildman–Crippen LogP) is 2.65. The minimum Gasteiger partial charge on any atom is -0.493 e. The lowest BCUT2D eigenvalue weighted by Crippen LogP contribution is -2.13. The smallest absolute Gasteiger partial charge is 0.162 e. The molecule has 2 rings (SSSR count). The summed E-state index contributed by atoms with van der Waals surface area (Å²) in [5.74, 6) is -3.60. The van der Waals surface area contributed by atoms with Gasteiger partial charge in [-0.1, -0.05) is 0 Å². The first-order chi connectivity index (χ1) is 7.58. The van der Waals surface area contributed by atoms with Gasteiger partial charge >= 0.3 is 0 Å². The van der Waals surface area contributed by atoms with Gasteiger partial charge in [0.05, 0.1) is 12.7 Å². The molecule has 0 N–H and O–H groups in total. The third kappa shape index (κ3) is 1.93. The summed E-state index contributed by atoms with van der Waals surface area (Å²) in [5.41, 5.74) is -0.156. The molecule has 16 heavy (non-hydrogen) atoms. The lowest BCUT2D eigenvalue weighted by atomic mass is 10.0. The number of hydrogen-bond acceptors (Lipinski definition) is 2. The fraction of sp³-hybridized carbons (Fsp3) is 0.182. The van der Waals surface area contributed by atoms with Crippen molar-refractivity contribution < 1.29 is 22.7 Å². The van der Waals surface area contributed by atoms with Crippen LogP contribution in [0.25, 0.3) is 0 Å². The molecule has 1 unspecified atom stereocenters. The van der Waals surface area contributed by atoms with Crippen LogP contribution in [0.15, 0.2) is 24.5 Å². The monoisotopic (exact) mass is 228 g/mol. The second-order valence-electron chi connectivity index (χ2n) is 3.39. The van der Waals surface area contributed by atoms with Gasteiger partial charge in [0.25, 0.3) is 0 Å². The number of halogens is 3. The molecule has 0 amide bonds. The minimum atomic E-state index is -1.26. The van der Waals surface area contributed by atoms with Crippen LogP contribution in [0.2, 0.25) is 0 Å². The van der Waals surface area contributed by atoms with E-state index in [0.29, 0.717) is 12.1 Å². The molecule has 0 aromatic heterocycles. The number of carbonyl (C=O) groups excluding carboxylic acids is 1. The maximum atomic E-state index is 13.3. The molecule has 0 saturated carbocycles. The Kier molecular flexibility index (Phi) is 2.68.